The Bertz CT molecular complexity index is 736. The molecule has 2 rings (SSSR count). The molecule has 1 heterocycles. The summed E-state index contributed by atoms with van der Waals surface area (Å²) >= 11 is 0. The second kappa shape index (κ2) is 9.13. The Kier molecular flexibility index (Phi) is 7.07. The second-order valence-electron chi connectivity index (χ2n) is 7.80. The third kappa shape index (κ3) is 6.08. The molecule has 1 aromatic carbocycles. The van der Waals surface area contributed by atoms with Crippen molar-refractivity contribution in [1.29, 1.82) is 0 Å². The molecule has 0 saturated carbocycles. The number of alkyl carbamates (subject to hydrolysis) is 1. The van der Waals surface area contributed by atoms with Crippen molar-refractivity contribution >= 4 is 18.0 Å². The largest absolute Gasteiger partial charge is 0.497 e. The van der Waals surface area contributed by atoms with E-state index in [1.54, 1.807) is 52.1 Å². The molecule has 29 heavy (non-hydrogen) atoms. The van der Waals surface area contributed by atoms with Gasteiger partial charge in [0, 0.05) is 6.42 Å². The van der Waals surface area contributed by atoms with Crippen LogP contribution in [0.25, 0.3) is 0 Å². The number of carbonyl (C=O) groups is 3. The Morgan fingerprint density at radius 1 is 1.14 bits per heavy atom. The number of nitrogens with one attached hydrogen (secondary N) is 2. The van der Waals surface area contributed by atoms with E-state index in [0.29, 0.717) is 5.75 Å². The van der Waals surface area contributed by atoms with Gasteiger partial charge in [-0.15, -0.1) is 0 Å². The number of amides is 2. The number of benzene rings is 1. The number of ether oxygens (including phenoxy) is 4. The standard InChI is InChI=1S/C20H28N2O7/c1-19(2,3)29-18(25)22-20(11-28-12-20)17(24)21-15(16(23)27-5)10-13-6-8-14(26-4)9-7-13/h6-9,15H,10-12H2,1-5H3,(H,21,24)(H,22,25)/t15-/m0/s1. The molecule has 2 amide bonds. The van der Waals surface area contributed by atoms with Crippen LogP contribution in [0, 0.1) is 0 Å². The summed E-state index contributed by atoms with van der Waals surface area (Å²) in [5, 5.41) is 5.22. The minimum absolute atomic E-state index is 0.0193. The maximum atomic E-state index is 12.9. The summed E-state index contributed by atoms with van der Waals surface area (Å²) in [6, 6.07) is 6.18. The van der Waals surface area contributed by atoms with Crippen LogP contribution in [0.1, 0.15) is 26.3 Å². The number of esters is 1. The lowest BCUT2D eigenvalue weighted by molar-refractivity contribution is -0.153. The maximum absolute atomic E-state index is 12.9. The zero-order valence-corrected chi connectivity index (χ0v) is 17.4. The molecule has 2 N–H and O–H groups in total. The highest BCUT2D eigenvalue weighted by molar-refractivity contribution is 5.94. The second-order valence-corrected chi connectivity index (χ2v) is 7.80. The summed E-state index contributed by atoms with van der Waals surface area (Å²) in [6.45, 7) is 5.12. The lowest BCUT2D eigenvalue weighted by Gasteiger charge is -2.41. The van der Waals surface area contributed by atoms with Gasteiger partial charge in [-0.1, -0.05) is 12.1 Å². The smallest absolute Gasteiger partial charge is 0.408 e. The summed E-state index contributed by atoms with van der Waals surface area (Å²) in [5.41, 5.74) is -1.20. The third-order valence-electron chi connectivity index (χ3n) is 4.26. The molecule has 0 spiro atoms. The van der Waals surface area contributed by atoms with Gasteiger partial charge >= 0.3 is 12.1 Å². The monoisotopic (exact) mass is 408 g/mol. The topological polar surface area (TPSA) is 112 Å². The van der Waals surface area contributed by atoms with Crippen LogP contribution >= 0.6 is 0 Å². The first-order valence-corrected chi connectivity index (χ1v) is 9.19. The van der Waals surface area contributed by atoms with Crippen LogP contribution in [0.4, 0.5) is 4.79 Å². The van der Waals surface area contributed by atoms with Gasteiger partial charge in [-0.3, -0.25) is 4.79 Å². The Balaban J connectivity index is 2.09. The highest BCUT2D eigenvalue weighted by Gasteiger charge is 2.49. The average molecular weight is 408 g/mol. The van der Waals surface area contributed by atoms with E-state index in [2.05, 4.69) is 10.6 Å². The molecule has 9 nitrogen and oxygen atoms in total. The van der Waals surface area contributed by atoms with Crippen LogP contribution in [0.2, 0.25) is 0 Å². The van der Waals surface area contributed by atoms with Gasteiger partial charge < -0.3 is 29.6 Å². The minimum atomic E-state index is -1.30. The average Bonchev–Trinajstić information content (AvgIpc) is 2.62. The van der Waals surface area contributed by atoms with Crippen molar-refractivity contribution in [2.24, 2.45) is 0 Å². The van der Waals surface area contributed by atoms with Gasteiger partial charge in [-0.25, -0.2) is 9.59 Å². The molecule has 1 aliphatic heterocycles. The fourth-order valence-corrected chi connectivity index (χ4v) is 2.69. The number of hydrogen-bond acceptors (Lipinski definition) is 7. The SMILES string of the molecule is COC(=O)[C@H](Cc1ccc(OC)cc1)NC(=O)C1(NC(=O)OC(C)(C)C)COC1. The summed E-state index contributed by atoms with van der Waals surface area (Å²) in [6.07, 6.45) is -0.521. The lowest BCUT2D eigenvalue weighted by atomic mass is 9.95. The molecule has 1 aromatic rings. The van der Waals surface area contributed by atoms with Gasteiger partial charge in [0.2, 0.25) is 0 Å². The van der Waals surface area contributed by atoms with Gasteiger partial charge in [0.1, 0.15) is 17.4 Å². The van der Waals surface area contributed by atoms with E-state index in [1.165, 1.54) is 7.11 Å². The van der Waals surface area contributed by atoms with Crippen molar-refractivity contribution in [2.45, 2.75) is 44.4 Å². The number of carbonyl (C=O) groups excluding carboxylic acids is 3. The third-order valence-corrected chi connectivity index (χ3v) is 4.26. The summed E-state index contributed by atoms with van der Waals surface area (Å²) < 4.78 is 20.3. The molecule has 1 atom stereocenters. The van der Waals surface area contributed by atoms with Crippen molar-refractivity contribution in [3.8, 4) is 5.75 Å². The maximum Gasteiger partial charge on any atom is 0.408 e. The van der Waals surface area contributed by atoms with Crippen molar-refractivity contribution in [2.75, 3.05) is 27.4 Å². The quantitative estimate of drug-likeness (QED) is 0.652. The molecule has 160 valence electrons. The van der Waals surface area contributed by atoms with Gasteiger partial charge in [0.15, 0.2) is 5.54 Å². The molecule has 1 saturated heterocycles. The lowest BCUT2D eigenvalue weighted by Crippen LogP contribution is -2.71. The van der Waals surface area contributed by atoms with Crippen molar-refractivity contribution in [3.05, 3.63) is 29.8 Å². The van der Waals surface area contributed by atoms with Crippen molar-refractivity contribution < 1.29 is 33.3 Å². The van der Waals surface area contributed by atoms with Gasteiger partial charge in [0.25, 0.3) is 5.91 Å². The number of rotatable bonds is 7. The fourth-order valence-electron chi connectivity index (χ4n) is 2.69. The number of methoxy groups -OCH3 is 2. The van der Waals surface area contributed by atoms with Crippen LogP contribution in [0.15, 0.2) is 24.3 Å². The van der Waals surface area contributed by atoms with Crippen LogP contribution in [0.3, 0.4) is 0 Å². The van der Waals surface area contributed by atoms with E-state index < -0.39 is 35.2 Å². The van der Waals surface area contributed by atoms with E-state index in [0.717, 1.165) is 5.56 Å². The minimum Gasteiger partial charge on any atom is -0.497 e. The first kappa shape index (κ1) is 22.5. The predicted molar refractivity (Wildman–Crippen MR) is 104 cm³/mol. The Morgan fingerprint density at radius 2 is 1.76 bits per heavy atom. The molecular weight excluding hydrogens is 380 g/mol. The molecule has 0 radical (unpaired) electrons. The molecule has 0 bridgehead atoms. The van der Waals surface area contributed by atoms with E-state index in [4.69, 9.17) is 18.9 Å². The normalized spacial score (nSPS) is 16.0. The molecule has 1 fully saturated rings. The highest BCUT2D eigenvalue weighted by atomic mass is 16.6. The van der Waals surface area contributed by atoms with E-state index in [1.807, 2.05) is 0 Å². The van der Waals surface area contributed by atoms with E-state index >= 15 is 0 Å². The molecule has 9 heteroatoms. The molecule has 0 aromatic heterocycles. The fraction of sp³-hybridized carbons (Fsp3) is 0.550. The van der Waals surface area contributed by atoms with E-state index in [9.17, 15) is 14.4 Å². The molecular formula is C20H28N2O7. The van der Waals surface area contributed by atoms with Crippen LogP contribution in [0.5, 0.6) is 5.75 Å². The van der Waals surface area contributed by atoms with Crippen molar-refractivity contribution in [1.82, 2.24) is 10.6 Å². The zero-order valence-electron chi connectivity index (χ0n) is 17.4. The molecule has 0 unspecified atom stereocenters. The predicted octanol–water partition coefficient (Wildman–Crippen LogP) is 1.19. The van der Waals surface area contributed by atoms with Gasteiger partial charge in [-0.05, 0) is 38.5 Å². The Hall–Kier alpha value is -2.81. The highest BCUT2D eigenvalue weighted by Crippen LogP contribution is 2.20. The van der Waals surface area contributed by atoms with Gasteiger partial charge in [-0.2, -0.15) is 0 Å². The van der Waals surface area contributed by atoms with E-state index in [-0.39, 0.29) is 19.6 Å². The molecule has 1 aliphatic rings. The number of hydrogen-bond donors (Lipinski definition) is 2. The Morgan fingerprint density at radius 3 is 2.21 bits per heavy atom. The first-order valence-electron chi connectivity index (χ1n) is 9.19. The van der Waals surface area contributed by atoms with Gasteiger partial charge in [0.05, 0.1) is 27.4 Å². The summed E-state index contributed by atoms with van der Waals surface area (Å²) in [4.78, 5) is 37.2. The van der Waals surface area contributed by atoms with Crippen molar-refractivity contribution in [3.63, 3.8) is 0 Å². The summed E-state index contributed by atoms with van der Waals surface area (Å²) in [7, 11) is 2.81. The zero-order chi connectivity index (χ0) is 21.7. The first-order chi connectivity index (χ1) is 13.6. The van der Waals surface area contributed by atoms with Crippen LogP contribution in [-0.4, -0.2) is 62.6 Å². The Labute approximate surface area is 170 Å². The summed E-state index contributed by atoms with van der Waals surface area (Å²) in [5.74, 6) is -0.458. The van der Waals surface area contributed by atoms with Crippen LogP contribution < -0.4 is 15.4 Å². The van der Waals surface area contributed by atoms with Crippen LogP contribution in [-0.2, 0) is 30.2 Å². The molecule has 0 aliphatic carbocycles.